The van der Waals surface area contributed by atoms with Crippen molar-refractivity contribution in [3.05, 3.63) is 65.1 Å². The van der Waals surface area contributed by atoms with Crippen molar-refractivity contribution in [2.75, 3.05) is 26.1 Å². The summed E-state index contributed by atoms with van der Waals surface area (Å²) in [5, 5.41) is 31.5. The first-order valence-electron chi connectivity index (χ1n) is 18.9. The lowest BCUT2D eigenvalue weighted by atomic mass is 10.1. The Morgan fingerprint density at radius 1 is 1.07 bits per heavy atom. The monoisotopic (exact) mass is 435 g/mol. The highest BCUT2D eigenvalue weighted by molar-refractivity contribution is 5.36. The number of aryl methyl sites for hydroxylation is 1. The van der Waals surface area contributed by atoms with Gasteiger partial charge in [0.05, 0.1) is 23.7 Å². The summed E-state index contributed by atoms with van der Waals surface area (Å²) in [4.78, 5) is 0. The lowest BCUT2D eigenvalue weighted by Crippen LogP contribution is -2.22. The van der Waals surface area contributed by atoms with E-state index in [1.807, 2.05) is 0 Å². The number of phenols is 1. The van der Waals surface area contributed by atoms with E-state index in [1.165, 1.54) is 5.32 Å². The lowest BCUT2D eigenvalue weighted by molar-refractivity contribution is 0.126. The molecule has 0 radical (unpaired) electrons. The first kappa shape index (κ1) is 8.55. The van der Waals surface area contributed by atoms with Crippen molar-refractivity contribution >= 4 is 0 Å². The van der Waals surface area contributed by atoms with Gasteiger partial charge in [-0.2, -0.15) is 0 Å². The molecule has 0 aromatic heterocycles. The number of nitrogens with one attached hydrogen (secondary N) is 1. The number of hydrogen-bond acceptors (Lipinski definition) is 5. The van der Waals surface area contributed by atoms with Crippen LogP contribution in [-0.4, -0.2) is 41.4 Å². The number of hydrogen-bond donors (Lipinski definition) is 4. The molecule has 0 aliphatic rings. The summed E-state index contributed by atoms with van der Waals surface area (Å²) in [5.41, 5.74) is -1.48. The fourth-order valence-corrected chi connectivity index (χ4v) is 2.10. The van der Waals surface area contributed by atoms with E-state index >= 15 is 0 Å². The maximum absolute atomic E-state index is 10.9. The molecule has 166 valence electrons. The average Bonchev–Trinajstić information content (AvgIpc) is 2.95. The van der Waals surface area contributed by atoms with Crippen LogP contribution in [-0.2, 0) is 17.8 Å². The van der Waals surface area contributed by atoms with E-state index in [4.69, 9.17) is 32.2 Å². The zero-order valence-corrected chi connectivity index (χ0v) is 16.0. The Morgan fingerprint density at radius 2 is 1.87 bits per heavy atom. The standard InChI is InChI=1S/C25H37NO4/c27-20-23-18-22(13-14-24(23)28)25(29)19-26-15-7-1-2-8-16-30-17-9-6-12-21-10-4-3-5-11-21/h3-5,10-11,13-14,18,25-29H,1-2,6-9,12,15-17,19-20H2/i1D2,2D2,7D2,8D2,13D,14D,15D2,16D2,17D2,18D,19D2,25D. The third kappa shape index (κ3) is 9.72. The van der Waals surface area contributed by atoms with Crippen molar-refractivity contribution in [1.82, 2.24) is 5.32 Å². The molecular formula is C25H37NO4. The molecular weight excluding hydrogens is 378 g/mol. The van der Waals surface area contributed by atoms with Gasteiger partial charge in [0.25, 0.3) is 0 Å². The molecule has 0 spiro atoms. The van der Waals surface area contributed by atoms with Gasteiger partial charge in [-0.1, -0.05) is 49.1 Å². The van der Waals surface area contributed by atoms with Gasteiger partial charge in [-0.05, 0) is 61.7 Å². The SMILES string of the molecule is [2H]c1c([2H])c(C([2H])(O)C([2H])([2H])NC([2H])([2H])C([2H])([2H])C([2H])([2H])C([2H])([2H])C([2H])([2H])C([2H])([2H])OC([2H])([2H])CCCc2ccccc2)c([2H])c(CO)c1O. The normalized spacial score (nSPS) is 26.9. The number of aliphatic hydroxyl groups is 2. The van der Waals surface area contributed by atoms with Crippen molar-refractivity contribution in [3.8, 4) is 5.75 Å². The van der Waals surface area contributed by atoms with Crippen LogP contribution in [0.4, 0.5) is 0 Å². The molecule has 0 saturated heterocycles. The van der Waals surface area contributed by atoms with Crippen molar-refractivity contribution in [1.29, 1.82) is 0 Å². The smallest absolute Gasteiger partial charge is 0.121 e. The highest BCUT2D eigenvalue weighted by Gasteiger charge is 2.09. The van der Waals surface area contributed by atoms with E-state index in [-0.39, 0.29) is 12.8 Å². The lowest BCUT2D eigenvalue weighted by Gasteiger charge is -2.14. The predicted molar refractivity (Wildman–Crippen MR) is 121 cm³/mol. The zero-order valence-electron chi connectivity index (χ0n) is 36.0. The molecule has 30 heavy (non-hydrogen) atoms. The Balaban J connectivity index is 2.47. The molecule has 0 amide bonds. The van der Waals surface area contributed by atoms with Crippen LogP contribution < -0.4 is 5.32 Å². The number of aromatic hydroxyl groups is 1. The van der Waals surface area contributed by atoms with Gasteiger partial charge in [0, 0.05) is 41.6 Å². The Hall–Kier alpha value is -1.92. The molecule has 0 fully saturated rings. The van der Waals surface area contributed by atoms with Gasteiger partial charge in [-0.3, -0.25) is 0 Å². The van der Waals surface area contributed by atoms with Crippen LogP contribution in [0.1, 0.15) is 88.5 Å². The topological polar surface area (TPSA) is 82.0 Å². The molecule has 2 aromatic rings. The second-order valence-electron chi connectivity index (χ2n) is 5.65. The molecule has 1 unspecified atom stereocenters. The van der Waals surface area contributed by atoms with Crippen molar-refractivity contribution < 1.29 is 47.5 Å². The molecule has 0 heterocycles. The number of benzene rings is 2. The minimum absolute atomic E-state index is 0.0422. The quantitative estimate of drug-likeness (QED) is 0.319. The molecule has 2 aromatic carbocycles. The van der Waals surface area contributed by atoms with Gasteiger partial charge in [0.15, 0.2) is 0 Å². The predicted octanol–water partition coefficient (Wildman–Crippen LogP) is 4.11. The Bertz CT molecular complexity index is 1520. The first-order chi connectivity index (χ1) is 22.2. The second-order valence-corrected chi connectivity index (χ2v) is 5.65. The summed E-state index contributed by atoms with van der Waals surface area (Å²) in [6.07, 6.45) is -22.0. The fraction of sp³-hybridized carbons (Fsp3) is 0.520. The largest absolute Gasteiger partial charge is 0.508 e. The summed E-state index contributed by atoms with van der Waals surface area (Å²) < 4.78 is 168. The zero-order chi connectivity index (χ0) is 39.3. The van der Waals surface area contributed by atoms with Gasteiger partial charge < -0.3 is 25.4 Å². The van der Waals surface area contributed by atoms with Crippen LogP contribution in [0.3, 0.4) is 0 Å². The van der Waals surface area contributed by atoms with Crippen molar-refractivity contribution in [2.24, 2.45) is 0 Å². The van der Waals surface area contributed by atoms with Gasteiger partial charge in [0.1, 0.15) is 5.75 Å². The first-order valence-corrected chi connectivity index (χ1v) is 8.89. The van der Waals surface area contributed by atoms with Crippen LogP contribution in [0.5, 0.6) is 5.75 Å². The molecule has 5 nitrogen and oxygen atoms in total. The van der Waals surface area contributed by atoms with E-state index in [9.17, 15) is 15.3 Å². The van der Waals surface area contributed by atoms with Gasteiger partial charge >= 0.3 is 0 Å². The molecule has 0 aliphatic heterocycles. The third-order valence-corrected chi connectivity index (χ3v) is 3.52. The van der Waals surface area contributed by atoms with Crippen LogP contribution >= 0.6 is 0 Å². The number of ether oxygens (including phenoxy) is 1. The highest BCUT2D eigenvalue weighted by atomic mass is 16.5. The van der Waals surface area contributed by atoms with Gasteiger partial charge in [-0.15, -0.1) is 0 Å². The number of aliphatic hydroxyl groups excluding tert-OH is 1. The van der Waals surface area contributed by atoms with Crippen LogP contribution in [0.2, 0.25) is 0 Å². The summed E-state index contributed by atoms with van der Waals surface area (Å²) in [6.45, 7) is -16.6. The molecule has 0 saturated carbocycles. The van der Waals surface area contributed by atoms with Gasteiger partial charge in [0.2, 0.25) is 0 Å². The summed E-state index contributed by atoms with van der Waals surface area (Å²) in [5.74, 6) is -1.13. The van der Waals surface area contributed by atoms with Crippen LogP contribution in [0.25, 0.3) is 0 Å². The highest BCUT2D eigenvalue weighted by Crippen LogP contribution is 2.22. The number of rotatable bonds is 16. The maximum Gasteiger partial charge on any atom is 0.121 e. The van der Waals surface area contributed by atoms with Crippen molar-refractivity contribution in [3.63, 3.8) is 0 Å². The molecule has 1 atom stereocenters. The molecule has 4 N–H and O–H groups in total. The van der Waals surface area contributed by atoms with Gasteiger partial charge in [-0.25, -0.2) is 0 Å². The van der Waals surface area contributed by atoms with Crippen LogP contribution in [0, 0.1) is 0 Å². The minimum Gasteiger partial charge on any atom is -0.508 e. The van der Waals surface area contributed by atoms with E-state index in [2.05, 4.69) is 0 Å². The Morgan fingerprint density at radius 3 is 2.67 bits per heavy atom. The third-order valence-electron chi connectivity index (χ3n) is 3.52. The Kier molecular flexibility index (Phi) is 4.26. The molecule has 5 heteroatoms. The van der Waals surface area contributed by atoms with E-state index < -0.39 is 106 Å². The molecule has 0 bridgehead atoms. The van der Waals surface area contributed by atoms with Crippen molar-refractivity contribution in [2.45, 2.75) is 57.4 Å². The van der Waals surface area contributed by atoms with E-state index in [0.717, 1.165) is 5.56 Å². The summed E-state index contributed by atoms with van der Waals surface area (Å²) in [6, 6.07) is 4.89. The summed E-state index contributed by atoms with van der Waals surface area (Å²) >= 11 is 0. The average molecular weight is 436 g/mol. The fourth-order valence-electron chi connectivity index (χ4n) is 2.10. The van der Waals surface area contributed by atoms with Crippen LogP contribution in [0.15, 0.2) is 48.5 Å². The van der Waals surface area contributed by atoms with E-state index in [0.29, 0.717) is 0 Å². The van der Waals surface area contributed by atoms with E-state index in [1.54, 1.807) is 30.3 Å². The Labute approximate surface area is 208 Å². The molecule has 2 rings (SSSR count). The second kappa shape index (κ2) is 15.0. The maximum atomic E-state index is 10.9. The summed E-state index contributed by atoms with van der Waals surface area (Å²) in [7, 11) is 0. The minimum atomic E-state index is -4.52. The molecule has 0 aliphatic carbocycles.